The Bertz CT molecular complexity index is 570. The number of ether oxygens (including phenoxy) is 1. The molecule has 3 rings (SSSR count). The third-order valence-corrected chi connectivity index (χ3v) is 3.47. The van der Waals surface area contributed by atoms with Gasteiger partial charge in [0.2, 0.25) is 0 Å². The summed E-state index contributed by atoms with van der Waals surface area (Å²) < 4.78 is 11.5. The first kappa shape index (κ1) is 14.3. The van der Waals surface area contributed by atoms with E-state index < -0.39 is 0 Å². The molecule has 1 aromatic carbocycles. The SMILES string of the molecule is Cl.Nc1cc(Br)ccc1-c1nc(C2CCOC2)no1. The summed E-state index contributed by atoms with van der Waals surface area (Å²) in [5, 5.41) is 4.00. The highest BCUT2D eigenvalue weighted by atomic mass is 79.9. The molecule has 0 radical (unpaired) electrons. The van der Waals surface area contributed by atoms with Gasteiger partial charge in [0.1, 0.15) is 0 Å². The fraction of sp³-hybridized carbons (Fsp3) is 0.333. The van der Waals surface area contributed by atoms with Crippen molar-refractivity contribution in [2.75, 3.05) is 18.9 Å². The van der Waals surface area contributed by atoms with Crippen molar-refractivity contribution in [3.63, 3.8) is 0 Å². The Hall–Kier alpha value is -1.11. The molecular formula is C12H13BrClN3O2. The molecule has 2 heterocycles. The second kappa shape index (κ2) is 5.90. The zero-order valence-corrected chi connectivity index (χ0v) is 12.4. The summed E-state index contributed by atoms with van der Waals surface area (Å²) in [7, 11) is 0. The van der Waals surface area contributed by atoms with Crippen molar-refractivity contribution < 1.29 is 9.26 Å². The maximum absolute atomic E-state index is 5.93. The van der Waals surface area contributed by atoms with Crippen molar-refractivity contribution in [1.82, 2.24) is 10.1 Å². The van der Waals surface area contributed by atoms with Gasteiger partial charge in [-0.25, -0.2) is 0 Å². The molecule has 2 N–H and O–H groups in total. The van der Waals surface area contributed by atoms with Crippen molar-refractivity contribution in [3.8, 4) is 11.5 Å². The lowest BCUT2D eigenvalue weighted by molar-refractivity contribution is 0.192. The molecule has 0 aliphatic carbocycles. The van der Waals surface area contributed by atoms with Gasteiger partial charge >= 0.3 is 0 Å². The summed E-state index contributed by atoms with van der Waals surface area (Å²) in [5.74, 6) is 1.39. The summed E-state index contributed by atoms with van der Waals surface area (Å²) in [4.78, 5) is 4.40. The highest BCUT2D eigenvalue weighted by Crippen LogP contribution is 2.29. The number of hydrogen-bond acceptors (Lipinski definition) is 5. The van der Waals surface area contributed by atoms with Crippen LogP contribution in [0.25, 0.3) is 11.5 Å². The standard InChI is InChI=1S/C12H12BrN3O2.ClH/c13-8-1-2-9(10(14)5-8)12-15-11(16-18-12)7-3-4-17-6-7;/h1-2,5,7H,3-4,6,14H2;1H. The molecule has 2 aromatic rings. The van der Waals surface area contributed by atoms with Crippen LogP contribution in [0.1, 0.15) is 18.2 Å². The average molecular weight is 347 g/mol. The van der Waals surface area contributed by atoms with E-state index in [2.05, 4.69) is 26.1 Å². The van der Waals surface area contributed by atoms with Gasteiger partial charge < -0.3 is 15.0 Å². The highest BCUT2D eigenvalue weighted by Gasteiger charge is 2.23. The molecule has 1 aliphatic heterocycles. The van der Waals surface area contributed by atoms with Crippen molar-refractivity contribution in [2.24, 2.45) is 0 Å². The Morgan fingerprint density at radius 3 is 2.89 bits per heavy atom. The molecule has 1 atom stereocenters. The van der Waals surface area contributed by atoms with Crippen LogP contribution in [0, 0.1) is 0 Å². The number of aromatic nitrogens is 2. The van der Waals surface area contributed by atoms with Gasteiger partial charge in [0.05, 0.1) is 12.2 Å². The fourth-order valence-corrected chi connectivity index (χ4v) is 2.36. The van der Waals surface area contributed by atoms with Gasteiger partial charge in [-0.15, -0.1) is 12.4 Å². The Kier molecular flexibility index (Phi) is 4.44. The van der Waals surface area contributed by atoms with Gasteiger partial charge in [-0.3, -0.25) is 0 Å². The lowest BCUT2D eigenvalue weighted by Crippen LogP contribution is -1.99. The lowest BCUT2D eigenvalue weighted by Gasteiger charge is -2.01. The zero-order chi connectivity index (χ0) is 12.5. The van der Waals surface area contributed by atoms with Gasteiger partial charge in [-0.2, -0.15) is 4.98 Å². The van der Waals surface area contributed by atoms with Crippen LogP contribution in [0.2, 0.25) is 0 Å². The van der Waals surface area contributed by atoms with Crippen LogP contribution in [0.3, 0.4) is 0 Å². The minimum absolute atomic E-state index is 0. The number of benzene rings is 1. The minimum atomic E-state index is 0. The van der Waals surface area contributed by atoms with Crippen molar-refractivity contribution in [3.05, 3.63) is 28.5 Å². The smallest absolute Gasteiger partial charge is 0.260 e. The molecule has 7 heteroatoms. The first-order valence-corrected chi connectivity index (χ1v) is 6.50. The van der Waals surface area contributed by atoms with Crippen LogP contribution in [0.4, 0.5) is 5.69 Å². The number of nitrogens with zero attached hydrogens (tertiary/aromatic N) is 2. The van der Waals surface area contributed by atoms with E-state index in [0.717, 1.165) is 23.1 Å². The number of rotatable bonds is 2. The van der Waals surface area contributed by atoms with E-state index in [4.69, 9.17) is 15.0 Å². The molecule has 1 saturated heterocycles. The molecule has 0 bridgehead atoms. The van der Waals surface area contributed by atoms with Crippen LogP contribution < -0.4 is 5.73 Å². The van der Waals surface area contributed by atoms with Crippen LogP contribution in [-0.2, 0) is 4.74 Å². The second-order valence-corrected chi connectivity index (χ2v) is 5.17. The van der Waals surface area contributed by atoms with E-state index in [0.29, 0.717) is 24.0 Å². The van der Waals surface area contributed by atoms with Crippen molar-refractivity contribution >= 4 is 34.0 Å². The van der Waals surface area contributed by atoms with E-state index in [-0.39, 0.29) is 18.3 Å². The fourth-order valence-electron chi connectivity index (χ4n) is 1.98. The third-order valence-electron chi connectivity index (χ3n) is 2.98. The second-order valence-electron chi connectivity index (χ2n) is 4.25. The summed E-state index contributed by atoms with van der Waals surface area (Å²) in [6.07, 6.45) is 0.939. The first-order chi connectivity index (χ1) is 8.74. The molecule has 0 spiro atoms. The van der Waals surface area contributed by atoms with E-state index in [9.17, 15) is 0 Å². The van der Waals surface area contributed by atoms with E-state index in [1.54, 1.807) is 0 Å². The average Bonchev–Trinajstić information content (AvgIpc) is 2.99. The molecule has 1 unspecified atom stereocenters. The quantitative estimate of drug-likeness (QED) is 0.846. The highest BCUT2D eigenvalue weighted by molar-refractivity contribution is 9.10. The van der Waals surface area contributed by atoms with Crippen LogP contribution in [0.15, 0.2) is 27.2 Å². The predicted molar refractivity (Wildman–Crippen MR) is 77.3 cm³/mol. The zero-order valence-electron chi connectivity index (χ0n) is 10.0. The Morgan fingerprint density at radius 2 is 2.21 bits per heavy atom. The number of anilines is 1. The maximum atomic E-state index is 5.93. The van der Waals surface area contributed by atoms with Gasteiger partial charge in [0, 0.05) is 22.7 Å². The molecular weight excluding hydrogens is 334 g/mol. The molecule has 19 heavy (non-hydrogen) atoms. The van der Waals surface area contributed by atoms with Gasteiger partial charge in [-0.1, -0.05) is 21.1 Å². The van der Waals surface area contributed by atoms with Crippen LogP contribution >= 0.6 is 28.3 Å². The Morgan fingerprint density at radius 1 is 1.37 bits per heavy atom. The normalized spacial score (nSPS) is 18.3. The van der Waals surface area contributed by atoms with Crippen LogP contribution in [-0.4, -0.2) is 23.4 Å². The lowest BCUT2D eigenvalue weighted by atomic mass is 10.1. The summed E-state index contributed by atoms with van der Waals surface area (Å²) in [6.45, 7) is 1.42. The summed E-state index contributed by atoms with van der Waals surface area (Å²) in [6, 6.07) is 5.58. The largest absolute Gasteiger partial charge is 0.398 e. The topological polar surface area (TPSA) is 74.2 Å². The molecule has 0 saturated carbocycles. The number of nitrogen functional groups attached to an aromatic ring is 1. The minimum Gasteiger partial charge on any atom is -0.398 e. The van der Waals surface area contributed by atoms with Crippen LogP contribution in [0.5, 0.6) is 0 Å². The van der Waals surface area contributed by atoms with Crippen molar-refractivity contribution in [1.29, 1.82) is 0 Å². The van der Waals surface area contributed by atoms with Gasteiger partial charge in [0.15, 0.2) is 5.82 Å². The van der Waals surface area contributed by atoms with Gasteiger partial charge in [0.25, 0.3) is 5.89 Å². The summed E-state index contributed by atoms with van der Waals surface area (Å²) in [5.41, 5.74) is 7.31. The summed E-state index contributed by atoms with van der Waals surface area (Å²) >= 11 is 3.36. The molecule has 1 aliphatic rings. The van der Waals surface area contributed by atoms with E-state index in [1.807, 2.05) is 18.2 Å². The molecule has 1 aromatic heterocycles. The predicted octanol–water partition coefficient (Wildman–Crippen LogP) is 3.01. The maximum Gasteiger partial charge on any atom is 0.260 e. The third kappa shape index (κ3) is 2.91. The number of hydrogen-bond donors (Lipinski definition) is 1. The van der Waals surface area contributed by atoms with E-state index >= 15 is 0 Å². The Balaban J connectivity index is 0.00000133. The van der Waals surface area contributed by atoms with Gasteiger partial charge in [-0.05, 0) is 24.6 Å². The monoisotopic (exact) mass is 345 g/mol. The van der Waals surface area contributed by atoms with E-state index in [1.165, 1.54) is 0 Å². The molecule has 0 amide bonds. The molecule has 1 fully saturated rings. The van der Waals surface area contributed by atoms with Crippen molar-refractivity contribution in [2.45, 2.75) is 12.3 Å². The molecule has 102 valence electrons. The first-order valence-electron chi connectivity index (χ1n) is 5.71. The number of halogens is 2. The molecule has 5 nitrogen and oxygen atoms in total. The Labute approximate surface area is 125 Å². The number of nitrogens with two attached hydrogens (primary N) is 1.